The summed E-state index contributed by atoms with van der Waals surface area (Å²) in [6.07, 6.45) is 0. The second-order valence-corrected chi connectivity index (χ2v) is 9.89. The molecule has 9 heteroatoms. The minimum atomic E-state index is -0.663. The van der Waals surface area contributed by atoms with Gasteiger partial charge in [0.15, 0.2) is 0 Å². The summed E-state index contributed by atoms with van der Waals surface area (Å²) in [6, 6.07) is 19.3. The monoisotopic (exact) mass is 522 g/mol. The number of rotatable bonds is 9. The lowest BCUT2D eigenvalue weighted by Crippen LogP contribution is -2.53. The number of ether oxygens (including phenoxy) is 2. The van der Waals surface area contributed by atoms with Crippen LogP contribution < -0.4 is 25.0 Å². The predicted octanol–water partition coefficient (Wildman–Crippen LogP) is 3.45. The summed E-state index contributed by atoms with van der Waals surface area (Å²) in [5, 5.41) is 7.69. The van der Waals surface area contributed by atoms with Crippen LogP contribution in [0.3, 0.4) is 0 Å². The second-order valence-electron chi connectivity index (χ2n) is 8.91. The highest BCUT2D eigenvalue weighted by molar-refractivity contribution is 7.10. The molecule has 8 nitrogen and oxygen atoms in total. The lowest BCUT2D eigenvalue weighted by Gasteiger charge is -2.42. The molecule has 0 unspecified atom stereocenters. The van der Waals surface area contributed by atoms with Crippen LogP contribution in [0.5, 0.6) is 11.5 Å². The van der Waals surface area contributed by atoms with Gasteiger partial charge >= 0.3 is 11.8 Å². The third kappa shape index (κ3) is 6.42. The number of thiophene rings is 1. The molecule has 1 aliphatic rings. The van der Waals surface area contributed by atoms with Crippen LogP contribution in [0, 0.1) is 0 Å². The molecule has 196 valence electrons. The van der Waals surface area contributed by atoms with Crippen molar-refractivity contribution >= 4 is 28.8 Å². The minimum Gasteiger partial charge on any atom is -0.496 e. The Bertz CT molecular complexity index is 1180. The molecule has 1 aromatic heterocycles. The molecule has 2 aromatic carbocycles. The van der Waals surface area contributed by atoms with E-state index in [-0.39, 0.29) is 18.6 Å². The molecule has 1 saturated heterocycles. The Morgan fingerprint density at radius 2 is 1.57 bits per heavy atom. The highest BCUT2D eigenvalue weighted by Gasteiger charge is 2.32. The molecule has 37 heavy (non-hydrogen) atoms. The van der Waals surface area contributed by atoms with Gasteiger partial charge in [0.05, 0.1) is 25.9 Å². The molecule has 0 radical (unpaired) electrons. The van der Waals surface area contributed by atoms with Gasteiger partial charge in [-0.05, 0) is 36.6 Å². The number of hydrogen-bond acceptors (Lipinski definition) is 7. The first-order valence-corrected chi connectivity index (χ1v) is 13.3. The first-order chi connectivity index (χ1) is 18.0. The fourth-order valence-electron chi connectivity index (χ4n) is 4.79. The molecule has 0 aliphatic carbocycles. The van der Waals surface area contributed by atoms with Crippen LogP contribution in [-0.4, -0.2) is 63.2 Å². The molecular formula is C28H34N4O4S. The molecule has 2 N–H and O–H groups in total. The first kappa shape index (κ1) is 26.5. The molecule has 1 fully saturated rings. The van der Waals surface area contributed by atoms with Crippen molar-refractivity contribution in [2.75, 3.05) is 45.3 Å². The van der Waals surface area contributed by atoms with Crippen molar-refractivity contribution in [3.8, 4) is 11.5 Å². The van der Waals surface area contributed by atoms with Gasteiger partial charge in [0.2, 0.25) is 0 Å². The minimum absolute atomic E-state index is 0.0363. The van der Waals surface area contributed by atoms with Gasteiger partial charge in [-0.15, -0.1) is 11.3 Å². The summed E-state index contributed by atoms with van der Waals surface area (Å²) in [6.45, 7) is 5.48. The van der Waals surface area contributed by atoms with E-state index in [0.29, 0.717) is 5.75 Å². The van der Waals surface area contributed by atoms with E-state index in [2.05, 4.69) is 32.6 Å². The number of carbonyl (C=O) groups is 2. The van der Waals surface area contributed by atoms with Crippen LogP contribution in [0.4, 0.5) is 5.69 Å². The SMILES string of the molecule is COc1ccccc1CNC(=O)C(=O)N[C@H](C)[C@@H](c1cccs1)N1CCN(c2ccccc2OC)CC1. The van der Waals surface area contributed by atoms with Gasteiger partial charge in [0.25, 0.3) is 0 Å². The zero-order valence-electron chi connectivity index (χ0n) is 21.5. The predicted molar refractivity (Wildman–Crippen MR) is 146 cm³/mol. The Balaban J connectivity index is 1.38. The van der Waals surface area contributed by atoms with E-state index in [1.165, 1.54) is 0 Å². The second kappa shape index (κ2) is 12.6. The highest BCUT2D eigenvalue weighted by Crippen LogP contribution is 2.32. The Morgan fingerprint density at radius 3 is 2.24 bits per heavy atom. The summed E-state index contributed by atoms with van der Waals surface area (Å²) in [4.78, 5) is 31.3. The molecule has 0 bridgehead atoms. The van der Waals surface area contributed by atoms with E-state index >= 15 is 0 Å². The molecule has 3 aromatic rings. The molecular weight excluding hydrogens is 488 g/mol. The van der Waals surface area contributed by atoms with Gasteiger partial charge in [-0.3, -0.25) is 14.5 Å². The average Bonchev–Trinajstić information content (AvgIpc) is 3.46. The van der Waals surface area contributed by atoms with E-state index in [0.717, 1.165) is 48.1 Å². The van der Waals surface area contributed by atoms with Crippen molar-refractivity contribution in [1.82, 2.24) is 15.5 Å². The molecule has 2 amide bonds. The smallest absolute Gasteiger partial charge is 0.309 e. The van der Waals surface area contributed by atoms with Crippen molar-refractivity contribution < 1.29 is 19.1 Å². The van der Waals surface area contributed by atoms with Crippen LogP contribution in [0.1, 0.15) is 23.4 Å². The topological polar surface area (TPSA) is 83.1 Å². The number of benzene rings is 2. The van der Waals surface area contributed by atoms with E-state index in [1.54, 1.807) is 25.6 Å². The lowest BCUT2D eigenvalue weighted by atomic mass is 10.0. The summed E-state index contributed by atoms with van der Waals surface area (Å²) in [5.41, 5.74) is 1.90. The number of nitrogens with zero attached hydrogens (tertiary/aromatic N) is 2. The normalized spacial score (nSPS) is 15.5. The maximum absolute atomic E-state index is 12.8. The molecule has 2 atom stereocenters. The number of nitrogens with one attached hydrogen (secondary N) is 2. The van der Waals surface area contributed by atoms with E-state index in [9.17, 15) is 9.59 Å². The Morgan fingerprint density at radius 1 is 0.892 bits per heavy atom. The Labute approximate surface area is 222 Å². The van der Waals surface area contributed by atoms with Gasteiger partial charge in [0, 0.05) is 49.2 Å². The molecule has 1 aliphatic heterocycles. The zero-order valence-corrected chi connectivity index (χ0v) is 22.3. The molecule has 0 saturated carbocycles. The van der Waals surface area contributed by atoms with Crippen molar-refractivity contribution in [3.05, 3.63) is 76.5 Å². The highest BCUT2D eigenvalue weighted by atomic mass is 32.1. The fourth-order valence-corrected chi connectivity index (χ4v) is 5.75. The van der Waals surface area contributed by atoms with Crippen LogP contribution in [-0.2, 0) is 16.1 Å². The van der Waals surface area contributed by atoms with Crippen molar-refractivity contribution in [3.63, 3.8) is 0 Å². The fraction of sp³-hybridized carbons (Fsp3) is 0.357. The third-order valence-corrected chi connectivity index (χ3v) is 7.58. The van der Waals surface area contributed by atoms with E-state index in [4.69, 9.17) is 9.47 Å². The average molecular weight is 523 g/mol. The van der Waals surface area contributed by atoms with Gasteiger partial charge in [-0.25, -0.2) is 0 Å². The number of piperazine rings is 1. The van der Waals surface area contributed by atoms with Crippen molar-refractivity contribution in [2.24, 2.45) is 0 Å². The number of hydrogen-bond donors (Lipinski definition) is 2. The van der Waals surface area contributed by atoms with Crippen LogP contribution in [0.15, 0.2) is 66.0 Å². The van der Waals surface area contributed by atoms with E-state index in [1.807, 2.05) is 60.8 Å². The summed E-state index contributed by atoms with van der Waals surface area (Å²) in [7, 11) is 3.27. The Kier molecular flexibility index (Phi) is 9.03. The molecule has 2 heterocycles. The Hall–Kier alpha value is -3.56. The number of methoxy groups -OCH3 is 2. The maximum atomic E-state index is 12.8. The van der Waals surface area contributed by atoms with Crippen LogP contribution in [0.2, 0.25) is 0 Å². The molecule has 0 spiro atoms. The van der Waals surface area contributed by atoms with Crippen LogP contribution in [0.25, 0.3) is 0 Å². The summed E-state index contributed by atoms with van der Waals surface area (Å²) in [5.74, 6) is 0.229. The van der Waals surface area contributed by atoms with Crippen molar-refractivity contribution in [2.45, 2.75) is 25.6 Å². The molecule has 4 rings (SSSR count). The van der Waals surface area contributed by atoms with Crippen LogP contribution >= 0.6 is 11.3 Å². The van der Waals surface area contributed by atoms with Gasteiger partial charge in [-0.2, -0.15) is 0 Å². The van der Waals surface area contributed by atoms with Crippen molar-refractivity contribution in [1.29, 1.82) is 0 Å². The zero-order chi connectivity index (χ0) is 26.2. The largest absolute Gasteiger partial charge is 0.496 e. The summed E-state index contributed by atoms with van der Waals surface area (Å²) < 4.78 is 10.9. The number of carbonyl (C=O) groups excluding carboxylic acids is 2. The number of anilines is 1. The lowest BCUT2D eigenvalue weighted by molar-refractivity contribution is -0.140. The third-order valence-electron chi connectivity index (χ3n) is 6.64. The van der Waals surface area contributed by atoms with Gasteiger partial charge in [-0.1, -0.05) is 36.4 Å². The summed E-state index contributed by atoms with van der Waals surface area (Å²) >= 11 is 1.66. The number of amides is 2. The quantitative estimate of drug-likeness (QED) is 0.419. The maximum Gasteiger partial charge on any atom is 0.309 e. The first-order valence-electron chi connectivity index (χ1n) is 12.4. The number of para-hydroxylation sites is 3. The van der Waals surface area contributed by atoms with Gasteiger partial charge < -0.3 is 25.0 Å². The van der Waals surface area contributed by atoms with E-state index < -0.39 is 11.8 Å². The van der Waals surface area contributed by atoms with Gasteiger partial charge in [0.1, 0.15) is 11.5 Å². The standard InChI is InChI=1S/C28H34N4O4S/c1-20(30-28(34)27(33)29-19-21-9-4-6-11-23(21)35-2)26(25-13-8-18-37-25)32-16-14-31(15-17-32)22-10-5-7-12-24(22)36-3/h4-13,18,20,26H,14-17,19H2,1-3H3,(H,29,33)(H,30,34)/t20-,26+/m1/s1.